The van der Waals surface area contributed by atoms with E-state index < -0.39 is 0 Å². The molecule has 0 aliphatic carbocycles. The third kappa shape index (κ3) is 1.98. The summed E-state index contributed by atoms with van der Waals surface area (Å²) in [6.45, 7) is 3.90. The number of aryl methyl sites for hydroxylation is 2. The zero-order chi connectivity index (χ0) is 12.6. The summed E-state index contributed by atoms with van der Waals surface area (Å²) in [5, 5.41) is 0.455. The maximum atomic E-state index is 10.9. The van der Waals surface area contributed by atoms with Crippen LogP contribution < -0.4 is 0 Å². The monoisotopic (exact) mass is 248 g/mol. The molecule has 1 aromatic carbocycles. The summed E-state index contributed by atoms with van der Waals surface area (Å²) < 4.78 is 1.82. The Morgan fingerprint density at radius 1 is 1.29 bits per heavy atom. The van der Waals surface area contributed by atoms with Crippen LogP contribution in [0.4, 0.5) is 0 Å². The number of halogens is 1. The molecule has 0 N–H and O–H groups in total. The lowest BCUT2D eigenvalue weighted by atomic mass is 9.99. The number of benzene rings is 1. The van der Waals surface area contributed by atoms with Crippen molar-refractivity contribution in [3.8, 4) is 11.3 Å². The highest BCUT2D eigenvalue weighted by Gasteiger charge is 2.11. The van der Waals surface area contributed by atoms with Gasteiger partial charge in [0, 0.05) is 18.2 Å². The first-order valence-corrected chi connectivity index (χ1v) is 5.66. The summed E-state index contributed by atoms with van der Waals surface area (Å²) in [5.41, 5.74) is 4.72. The van der Waals surface area contributed by atoms with Gasteiger partial charge in [-0.15, -0.1) is 0 Å². The molecule has 1 heterocycles. The van der Waals surface area contributed by atoms with Gasteiger partial charge >= 0.3 is 0 Å². The van der Waals surface area contributed by atoms with E-state index in [4.69, 9.17) is 11.6 Å². The number of imidazole rings is 1. The fourth-order valence-electron chi connectivity index (χ4n) is 1.88. The number of nitrogens with zero attached hydrogens (tertiary/aromatic N) is 2. The minimum Gasteiger partial charge on any atom is -0.318 e. The molecular formula is C13H13ClN2O. The Labute approximate surface area is 105 Å². The molecule has 0 saturated heterocycles. The van der Waals surface area contributed by atoms with Crippen LogP contribution in [0.1, 0.15) is 21.5 Å². The van der Waals surface area contributed by atoms with Crippen LogP contribution in [-0.4, -0.2) is 15.8 Å². The lowest BCUT2D eigenvalue weighted by molar-refractivity contribution is 0.112. The van der Waals surface area contributed by atoms with Gasteiger partial charge in [-0.1, -0.05) is 0 Å². The van der Waals surface area contributed by atoms with Crippen molar-refractivity contribution < 1.29 is 4.79 Å². The van der Waals surface area contributed by atoms with Crippen molar-refractivity contribution in [2.24, 2.45) is 7.05 Å². The first-order valence-electron chi connectivity index (χ1n) is 5.28. The molecule has 4 heteroatoms. The third-order valence-electron chi connectivity index (χ3n) is 2.95. The van der Waals surface area contributed by atoms with Crippen LogP contribution in [0.25, 0.3) is 11.3 Å². The molecule has 0 aliphatic rings. The van der Waals surface area contributed by atoms with Crippen LogP contribution in [0.2, 0.25) is 5.28 Å². The predicted octanol–water partition coefficient (Wildman–Crippen LogP) is 3.17. The highest BCUT2D eigenvalue weighted by molar-refractivity contribution is 6.28. The first-order chi connectivity index (χ1) is 8.04. The average Bonchev–Trinajstić information content (AvgIpc) is 2.63. The number of rotatable bonds is 2. The first kappa shape index (κ1) is 11.9. The van der Waals surface area contributed by atoms with E-state index in [0.29, 0.717) is 5.28 Å². The van der Waals surface area contributed by atoms with Crippen molar-refractivity contribution in [1.82, 2.24) is 9.55 Å². The summed E-state index contributed by atoms with van der Waals surface area (Å²) in [6.07, 6.45) is 2.62. The molecule has 2 rings (SSSR count). The van der Waals surface area contributed by atoms with Crippen molar-refractivity contribution in [2.75, 3.05) is 0 Å². The average molecular weight is 249 g/mol. The molecule has 0 fully saturated rings. The van der Waals surface area contributed by atoms with E-state index in [9.17, 15) is 4.79 Å². The highest BCUT2D eigenvalue weighted by Crippen LogP contribution is 2.27. The van der Waals surface area contributed by atoms with Crippen LogP contribution in [0.3, 0.4) is 0 Å². The summed E-state index contributed by atoms with van der Waals surface area (Å²) in [5.74, 6) is 0. The van der Waals surface area contributed by atoms with Gasteiger partial charge in [-0.05, 0) is 48.7 Å². The minimum absolute atomic E-state index is 0.455. The van der Waals surface area contributed by atoms with Crippen LogP contribution in [0.15, 0.2) is 18.3 Å². The second kappa shape index (κ2) is 4.34. The van der Waals surface area contributed by atoms with Gasteiger partial charge in [0.2, 0.25) is 5.28 Å². The second-order valence-electron chi connectivity index (χ2n) is 4.11. The molecule has 0 aliphatic heterocycles. The maximum absolute atomic E-state index is 10.9. The molecule has 17 heavy (non-hydrogen) atoms. The van der Waals surface area contributed by atoms with Gasteiger partial charge < -0.3 is 4.57 Å². The molecule has 1 aromatic heterocycles. The Hall–Kier alpha value is -1.61. The van der Waals surface area contributed by atoms with Crippen LogP contribution in [0.5, 0.6) is 0 Å². The Morgan fingerprint density at radius 2 is 2.00 bits per heavy atom. The Morgan fingerprint density at radius 3 is 2.53 bits per heavy atom. The smallest absolute Gasteiger partial charge is 0.202 e. The Bertz CT molecular complexity index is 587. The number of carbonyl (C=O) groups is 1. The lowest BCUT2D eigenvalue weighted by Gasteiger charge is -2.09. The highest BCUT2D eigenvalue weighted by atomic mass is 35.5. The summed E-state index contributed by atoms with van der Waals surface area (Å²) in [6, 6.07) is 3.88. The summed E-state index contributed by atoms with van der Waals surface area (Å²) in [4.78, 5) is 14.9. The molecule has 0 saturated carbocycles. The number of hydrogen-bond acceptors (Lipinski definition) is 2. The molecule has 2 aromatic rings. The second-order valence-corrected chi connectivity index (χ2v) is 4.45. The number of aldehydes is 1. The van der Waals surface area contributed by atoms with E-state index >= 15 is 0 Å². The van der Waals surface area contributed by atoms with E-state index in [1.54, 1.807) is 6.20 Å². The van der Waals surface area contributed by atoms with Crippen LogP contribution >= 0.6 is 11.6 Å². The van der Waals surface area contributed by atoms with Crippen LogP contribution in [0, 0.1) is 13.8 Å². The van der Waals surface area contributed by atoms with E-state index in [0.717, 1.165) is 34.2 Å². The molecule has 0 unspecified atom stereocenters. The normalized spacial score (nSPS) is 10.6. The van der Waals surface area contributed by atoms with Crippen molar-refractivity contribution in [3.63, 3.8) is 0 Å². The SMILES string of the molecule is Cc1cc(-c2cnc(Cl)n2C)c(C)cc1C=O. The number of aromatic nitrogens is 2. The van der Waals surface area contributed by atoms with E-state index in [1.807, 2.05) is 37.6 Å². The van der Waals surface area contributed by atoms with E-state index in [2.05, 4.69) is 4.98 Å². The van der Waals surface area contributed by atoms with Gasteiger partial charge in [0.05, 0.1) is 11.9 Å². The topological polar surface area (TPSA) is 34.9 Å². The third-order valence-corrected chi connectivity index (χ3v) is 3.30. The molecule has 3 nitrogen and oxygen atoms in total. The Kier molecular flexibility index (Phi) is 3.03. The largest absolute Gasteiger partial charge is 0.318 e. The maximum Gasteiger partial charge on any atom is 0.202 e. The molecule has 0 spiro atoms. The van der Waals surface area contributed by atoms with Crippen LogP contribution in [-0.2, 0) is 7.05 Å². The molecule has 0 atom stereocenters. The quantitative estimate of drug-likeness (QED) is 0.765. The summed E-state index contributed by atoms with van der Waals surface area (Å²) in [7, 11) is 1.87. The van der Waals surface area contributed by atoms with Gasteiger partial charge in [0.25, 0.3) is 0 Å². The molecule has 88 valence electrons. The van der Waals surface area contributed by atoms with Crippen molar-refractivity contribution >= 4 is 17.9 Å². The molecule has 0 bridgehead atoms. The van der Waals surface area contributed by atoms with Gasteiger partial charge in [0.1, 0.15) is 6.29 Å². The predicted molar refractivity (Wildman–Crippen MR) is 68.5 cm³/mol. The zero-order valence-electron chi connectivity index (χ0n) is 9.99. The summed E-state index contributed by atoms with van der Waals surface area (Å²) >= 11 is 5.93. The lowest BCUT2D eigenvalue weighted by Crippen LogP contribution is -1.96. The molecular weight excluding hydrogens is 236 g/mol. The van der Waals surface area contributed by atoms with Crippen molar-refractivity contribution in [2.45, 2.75) is 13.8 Å². The van der Waals surface area contributed by atoms with Gasteiger partial charge in [0.15, 0.2) is 0 Å². The van der Waals surface area contributed by atoms with Gasteiger partial charge in [-0.25, -0.2) is 4.98 Å². The van der Waals surface area contributed by atoms with Gasteiger partial charge in [-0.3, -0.25) is 4.79 Å². The minimum atomic E-state index is 0.455. The molecule has 0 radical (unpaired) electrons. The standard InChI is InChI=1S/C13H13ClN2O/c1-8-5-11(9(2)4-10(8)7-17)12-6-15-13(14)16(12)3/h4-7H,1-3H3. The molecule has 0 amide bonds. The van der Waals surface area contributed by atoms with Gasteiger partial charge in [-0.2, -0.15) is 0 Å². The fraction of sp³-hybridized carbons (Fsp3) is 0.231. The van der Waals surface area contributed by atoms with Crippen molar-refractivity contribution in [3.05, 3.63) is 40.3 Å². The van der Waals surface area contributed by atoms with E-state index in [1.165, 1.54) is 0 Å². The fourth-order valence-corrected chi connectivity index (χ4v) is 2.02. The van der Waals surface area contributed by atoms with E-state index in [-0.39, 0.29) is 0 Å². The Balaban J connectivity index is 2.64. The van der Waals surface area contributed by atoms with Crippen molar-refractivity contribution in [1.29, 1.82) is 0 Å². The zero-order valence-corrected chi connectivity index (χ0v) is 10.7. The number of hydrogen-bond donors (Lipinski definition) is 0. The number of carbonyl (C=O) groups excluding carboxylic acids is 1.